The lowest BCUT2D eigenvalue weighted by atomic mass is 9.76. The van der Waals surface area contributed by atoms with Crippen molar-refractivity contribution in [1.29, 1.82) is 10.5 Å². The minimum atomic E-state index is -0.881. The number of carbonyl (C=O) groups is 2. The van der Waals surface area contributed by atoms with Gasteiger partial charge in [0.1, 0.15) is 11.8 Å². The smallest absolute Gasteiger partial charge is 0.244 e. The molecule has 1 fully saturated rings. The molecule has 1 N–H and O–H groups in total. The van der Waals surface area contributed by atoms with E-state index in [-0.39, 0.29) is 0 Å². The summed E-state index contributed by atoms with van der Waals surface area (Å²) in [6.07, 6.45) is 2.27. The summed E-state index contributed by atoms with van der Waals surface area (Å²) in [7, 11) is 0. The number of hydrogen-bond acceptors (Lipinski definition) is 4. The Morgan fingerprint density at radius 2 is 1.69 bits per heavy atom. The molecule has 0 unspecified atom stereocenters. The summed E-state index contributed by atoms with van der Waals surface area (Å²) in [6.45, 7) is 1.98. The summed E-state index contributed by atoms with van der Waals surface area (Å²) in [6, 6.07) is 3.76. The van der Waals surface area contributed by atoms with Gasteiger partial charge in [0, 0.05) is 5.92 Å². The number of nitrogens with one attached hydrogen (secondary N) is 1. The molecule has 0 aromatic carbocycles. The van der Waals surface area contributed by atoms with Crippen LogP contribution in [0.1, 0.15) is 26.2 Å². The summed E-state index contributed by atoms with van der Waals surface area (Å²) in [4.78, 5) is 22.8. The van der Waals surface area contributed by atoms with Gasteiger partial charge in [-0.1, -0.05) is 19.8 Å². The molecule has 0 bridgehead atoms. The number of unbranched alkanes of at least 4 members (excludes halogenated alkanes) is 1. The SMILES string of the molecule is CCCCC1[C@@H](C#N)C(=O)NC(=O)[C@@H]1C#N. The van der Waals surface area contributed by atoms with E-state index in [1.54, 1.807) is 0 Å². The number of rotatable bonds is 3. The van der Waals surface area contributed by atoms with Crippen LogP contribution in [0, 0.1) is 40.4 Å². The number of amides is 2. The maximum atomic E-state index is 11.4. The van der Waals surface area contributed by atoms with Gasteiger partial charge in [0.15, 0.2) is 0 Å². The van der Waals surface area contributed by atoms with Crippen LogP contribution in [0.25, 0.3) is 0 Å². The first kappa shape index (κ1) is 12.2. The standard InChI is InChI=1S/C11H13N3O2/c1-2-3-4-7-8(5-12)10(15)14-11(16)9(7)6-13/h7-9H,2-4H2,1H3,(H,14,15,16)/t8-,9-/m1/s1. The first-order valence-corrected chi connectivity index (χ1v) is 5.29. The molecule has 1 aliphatic heterocycles. The first-order chi connectivity index (χ1) is 7.65. The lowest BCUT2D eigenvalue weighted by molar-refractivity contribution is -0.140. The van der Waals surface area contributed by atoms with Crippen LogP contribution in [-0.4, -0.2) is 11.8 Å². The molecule has 84 valence electrons. The van der Waals surface area contributed by atoms with Crippen LogP contribution in [0.5, 0.6) is 0 Å². The number of nitrogens with zero attached hydrogens (tertiary/aromatic N) is 2. The van der Waals surface area contributed by atoms with E-state index in [4.69, 9.17) is 10.5 Å². The lowest BCUT2D eigenvalue weighted by Crippen LogP contribution is -2.50. The third-order valence-electron chi connectivity index (χ3n) is 2.84. The maximum absolute atomic E-state index is 11.4. The topological polar surface area (TPSA) is 93.8 Å². The van der Waals surface area contributed by atoms with E-state index in [1.165, 1.54) is 0 Å². The zero-order chi connectivity index (χ0) is 12.1. The van der Waals surface area contributed by atoms with E-state index in [9.17, 15) is 9.59 Å². The fourth-order valence-electron chi connectivity index (χ4n) is 1.94. The van der Waals surface area contributed by atoms with E-state index in [0.29, 0.717) is 6.42 Å². The van der Waals surface area contributed by atoms with E-state index in [1.807, 2.05) is 19.1 Å². The molecule has 1 saturated heterocycles. The molecule has 0 aliphatic carbocycles. The third-order valence-corrected chi connectivity index (χ3v) is 2.84. The molecule has 5 heteroatoms. The number of hydrogen-bond donors (Lipinski definition) is 1. The number of piperidine rings is 1. The van der Waals surface area contributed by atoms with Gasteiger partial charge in [0.05, 0.1) is 12.1 Å². The van der Waals surface area contributed by atoms with Gasteiger partial charge >= 0.3 is 0 Å². The van der Waals surface area contributed by atoms with Gasteiger partial charge in [-0.15, -0.1) is 0 Å². The molecule has 0 aromatic rings. The molecular formula is C11H13N3O2. The number of nitriles is 2. The Balaban J connectivity index is 2.92. The Hall–Kier alpha value is -1.88. The van der Waals surface area contributed by atoms with Crippen LogP contribution in [0.2, 0.25) is 0 Å². The first-order valence-electron chi connectivity index (χ1n) is 5.29. The molecule has 1 rings (SSSR count). The van der Waals surface area contributed by atoms with E-state index >= 15 is 0 Å². The van der Waals surface area contributed by atoms with Crippen molar-refractivity contribution in [2.75, 3.05) is 0 Å². The molecule has 1 heterocycles. The second-order valence-corrected chi connectivity index (χ2v) is 3.87. The Labute approximate surface area is 94.0 Å². The highest BCUT2D eigenvalue weighted by Crippen LogP contribution is 2.30. The normalized spacial score (nSPS) is 25.7. The highest BCUT2D eigenvalue weighted by molar-refractivity contribution is 6.02. The maximum Gasteiger partial charge on any atom is 0.244 e. The van der Waals surface area contributed by atoms with Crippen LogP contribution < -0.4 is 5.32 Å². The molecule has 0 radical (unpaired) electrons. The molecular weight excluding hydrogens is 206 g/mol. The summed E-state index contributed by atoms with van der Waals surface area (Å²) < 4.78 is 0. The quantitative estimate of drug-likeness (QED) is 0.708. The highest BCUT2D eigenvalue weighted by atomic mass is 16.2. The van der Waals surface area contributed by atoms with Gasteiger partial charge in [0.2, 0.25) is 11.8 Å². The summed E-state index contributed by atoms with van der Waals surface area (Å²) in [5, 5.41) is 19.9. The predicted octanol–water partition coefficient (Wildman–Crippen LogP) is 0.729. The zero-order valence-electron chi connectivity index (χ0n) is 9.06. The van der Waals surface area contributed by atoms with Crippen LogP contribution in [-0.2, 0) is 9.59 Å². The van der Waals surface area contributed by atoms with Gasteiger partial charge in [0.25, 0.3) is 0 Å². The summed E-state index contributed by atoms with van der Waals surface area (Å²) in [5.41, 5.74) is 0. The fraction of sp³-hybridized carbons (Fsp3) is 0.636. The average Bonchev–Trinajstić information content (AvgIpc) is 2.26. The Kier molecular flexibility index (Phi) is 4.02. The molecule has 16 heavy (non-hydrogen) atoms. The minimum absolute atomic E-state index is 0.462. The predicted molar refractivity (Wildman–Crippen MR) is 54.4 cm³/mol. The van der Waals surface area contributed by atoms with Crippen LogP contribution in [0.3, 0.4) is 0 Å². The monoisotopic (exact) mass is 219 g/mol. The second kappa shape index (κ2) is 5.27. The summed E-state index contributed by atoms with van der Waals surface area (Å²) in [5.74, 6) is -3.36. The van der Waals surface area contributed by atoms with Crippen molar-refractivity contribution in [3.63, 3.8) is 0 Å². The van der Waals surface area contributed by atoms with Crippen molar-refractivity contribution < 1.29 is 9.59 Å². The van der Waals surface area contributed by atoms with E-state index in [2.05, 4.69) is 5.32 Å². The van der Waals surface area contributed by atoms with Crippen LogP contribution in [0.4, 0.5) is 0 Å². The lowest BCUT2D eigenvalue weighted by Gasteiger charge is -2.29. The van der Waals surface area contributed by atoms with Crippen molar-refractivity contribution in [2.24, 2.45) is 17.8 Å². The van der Waals surface area contributed by atoms with Crippen molar-refractivity contribution in [3.8, 4) is 12.1 Å². The van der Waals surface area contributed by atoms with Gasteiger partial charge in [-0.2, -0.15) is 10.5 Å². The average molecular weight is 219 g/mol. The van der Waals surface area contributed by atoms with Gasteiger partial charge in [-0.3, -0.25) is 14.9 Å². The summed E-state index contributed by atoms with van der Waals surface area (Å²) >= 11 is 0. The molecule has 2 atom stereocenters. The van der Waals surface area contributed by atoms with Gasteiger partial charge in [-0.25, -0.2) is 0 Å². The Morgan fingerprint density at radius 1 is 1.19 bits per heavy atom. The number of carbonyl (C=O) groups excluding carboxylic acids is 2. The van der Waals surface area contributed by atoms with E-state index in [0.717, 1.165) is 12.8 Å². The minimum Gasteiger partial charge on any atom is -0.294 e. The fourth-order valence-corrected chi connectivity index (χ4v) is 1.94. The molecule has 5 nitrogen and oxygen atoms in total. The molecule has 1 aliphatic rings. The van der Waals surface area contributed by atoms with Crippen molar-refractivity contribution in [2.45, 2.75) is 26.2 Å². The molecule has 0 saturated carbocycles. The molecule has 0 spiro atoms. The molecule has 0 aromatic heterocycles. The van der Waals surface area contributed by atoms with Crippen LogP contribution >= 0.6 is 0 Å². The molecule has 2 amide bonds. The van der Waals surface area contributed by atoms with Crippen LogP contribution in [0.15, 0.2) is 0 Å². The van der Waals surface area contributed by atoms with Crippen molar-refractivity contribution in [1.82, 2.24) is 5.32 Å². The Bertz CT molecular complexity index is 346. The Morgan fingerprint density at radius 3 is 2.06 bits per heavy atom. The van der Waals surface area contributed by atoms with Crippen molar-refractivity contribution >= 4 is 11.8 Å². The number of imide groups is 1. The third kappa shape index (κ3) is 2.20. The van der Waals surface area contributed by atoms with Gasteiger partial charge < -0.3 is 0 Å². The second-order valence-electron chi connectivity index (χ2n) is 3.87. The van der Waals surface area contributed by atoms with E-state index < -0.39 is 29.6 Å². The largest absolute Gasteiger partial charge is 0.294 e. The highest BCUT2D eigenvalue weighted by Gasteiger charge is 2.43. The zero-order valence-corrected chi connectivity index (χ0v) is 9.06. The van der Waals surface area contributed by atoms with Gasteiger partial charge in [-0.05, 0) is 6.42 Å². The van der Waals surface area contributed by atoms with Crippen molar-refractivity contribution in [3.05, 3.63) is 0 Å².